The van der Waals surface area contributed by atoms with Crippen LogP contribution < -0.4 is 5.32 Å². The summed E-state index contributed by atoms with van der Waals surface area (Å²) in [4.78, 5) is 37.6. The Bertz CT molecular complexity index is 723. The summed E-state index contributed by atoms with van der Waals surface area (Å²) in [5.74, 6) is -0.677. The number of carbonyl (C=O) groups excluding carboxylic acids is 3. The Balaban J connectivity index is 1.92. The molecule has 142 valence electrons. The van der Waals surface area contributed by atoms with E-state index in [9.17, 15) is 14.4 Å². The smallest absolute Gasteiger partial charge is 0.326 e. The number of hydrogen-bond acceptors (Lipinski definition) is 4. The highest BCUT2D eigenvalue weighted by Gasteiger charge is 2.48. The third kappa shape index (κ3) is 4.89. The van der Waals surface area contributed by atoms with E-state index >= 15 is 0 Å². The summed E-state index contributed by atoms with van der Waals surface area (Å²) in [5, 5.41) is 3.44. The molecule has 3 amide bonds. The highest BCUT2D eigenvalue weighted by Crippen LogP contribution is 2.25. The van der Waals surface area contributed by atoms with Crippen LogP contribution in [0, 0.1) is 5.92 Å². The molecule has 26 heavy (non-hydrogen) atoms. The third-order valence-electron chi connectivity index (χ3n) is 4.24. The molecule has 0 aliphatic carbocycles. The lowest BCUT2D eigenvalue weighted by Crippen LogP contribution is -2.44. The first-order valence-corrected chi connectivity index (χ1v) is 9.11. The molecule has 1 heterocycles. The maximum Gasteiger partial charge on any atom is 0.326 e. The molecule has 1 aliphatic heterocycles. The summed E-state index contributed by atoms with van der Waals surface area (Å²) in [5.41, 5.74) is -0.322. The Labute approximate surface area is 162 Å². The van der Waals surface area contributed by atoms with E-state index in [1.54, 1.807) is 25.1 Å². The van der Waals surface area contributed by atoms with Gasteiger partial charge >= 0.3 is 12.0 Å². The summed E-state index contributed by atoms with van der Waals surface area (Å²) < 4.78 is 5.13. The van der Waals surface area contributed by atoms with Gasteiger partial charge in [0.1, 0.15) is 18.7 Å². The maximum absolute atomic E-state index is 12.5. The van der Waals surface area contributed by atoms with E-state index in [1.165, 1.54) is 0 Å². The minimum atomic E-state index is -0.981. The van der Waals surface area contributed by atoms with E-state index in [0.717, 1.165) is 11.3 Å². The van der Waals surface area contributed by atoms with Crippen LogP contribution in [-0.2, 0) is 20.9 Å². The van der Waals surface area contributed by atoms with Crippen molar-refractivity contribution in [2.24, 2.45) is 5.92 Å². The molecule has 1 fully saturated rings. The normalized spacial score (nSPS) is 19.8. The molecule has 1 aromatic carbocycles. The van der Waals surface area contributed by atoms with Crippen LogP contribution in [0.1, 0.15) is 39.2 Å². The molecule has 0 bridgehead atoms. The van der Waals surface area contributed by atoms with Crippen molar-refractivity contribution in [3.63, 3.8) is 0 Å². The number of esters is 1. The first kappa shape index (κ1) is 20.5. The zero-order chi connectivity index (χ0) is 19.5. The zero-order valence-corrected chi connectivity index (χ0v) is 16.5. The SMILES string of the molecule is CC(C)CC[C@]1(C)NC(=O)N(CC(=O)OCc2ccc(Cl)c(Cl)c2)C1=O. The van der Waals surface area contributed by atoms with E-state index in [4.69, 9.17) is 27.9 Å². The summed E-state index contributed by atoms with van der Waals surface area (Å²) in [7, 11) is 0. The van der Waals surface area contributed by atoms with Crippen LogP contribution in [0.5, 0.6) is 0 Å². The third-order valence-corrected chi connectivity index (χ3v) is 4.98. The zero-order valence-electron chi connectivity index (χ0n) is 15.0. The largest absolute Gasteiger partial charge is 0.459 e. The van der Waals surface area contributed by atoms with Crippen LogP contribution in [0.3, 0.4) is 0 Å². The number of benzene rings is 1. The highest BCUT2D eigenvalue weighted by atomic mass is 35.5. The number of carbonyl (C=O) groups is 3. The quantitative estimate of drug-likeness (QED) is 0.557. The van der Waals surface area contributed by atoms with Crippen molar-refractivity contribution in [3.05, 3.63) is 33.8 Å². The van der Waals surface area contributed by atoms with Crippen molar-refractivity contribution in [3.8, 4) is 0 Å². The van der Waals surface area contributed by atoms with Crippen LogP contribution in [0.4, 0.5) is 4.79 Å². The van der Waals surface area contributed by atoms with Gasteiger partial charge in [0.25, 0.3) is 5.91 Å². The van der Waals surface area contributed by atoms with Gasteiger partial charge in [-0.15, -0.1) is 0 Å². The van der Waals surface area contributed by atoms with Gasteiger partial charge in [0.2, 0.25) is 0 Å². The highest BCUT2D eigenvalue weighted by molar-refractivity contribution is 6.42. The number of ether oxygens (including phenoxy) is 1. The number of nitrogens with zero attached hydrogens (tertiary/aromatic N) is 1. The van der Waals surface area contributed by atoms with E-state index in [0.29, 0.717) is 27.9 Å². The lowest BCUT2D eigenvalue weighted by atomic mass is 9.92. The van der Waals surface area contributed by atoms with Crippen molar-refractivity contribution < 1.29 is 19.1 Å². The second-order valence-corrected chi connectivity index (χ2v) is 7.81. The molecule has 6 nitrogen and oxygen atoms in total. The molecule has 8 heteroatoms. The van der Waals surface area contributed by atoms with E-state index in [-0.39, 0.29) is 6.61 Å². The number of hydrogen-bond donors (Lipinski definition) is 1. The molecule has 0 aromatic heterocycles. The van der Waals surface area contributed by atoms with Gasteiger partial charge in [0.05, 0.1) is 10.0 Å². The van der Waals surface area contributed by atoms with Gasteiger partial charge in [0, 0.05) is 0 Å². The van der Waals surface area contributed by atoms with Crippen molar-refractivity contribution in [2.75, 3.05) is 6.54 Å². The number of amides is 3. The molecule has 1 saturated heterocycles. The maximum atomic E-state index is 12.5. The number of rotatable bonds is 7. The minimum Gasteiger partial charge on any atom is -0.459 e. The lowest BCUT2D eigenvalue weighted by Gasteiger charge is -2.22. The van der Waals surface area contributed by atoms with Crippen molar-refractivity contribution in [2.45, 2.75) is 45.8 Å². The standard InChI is InChI=1S/C18H22Cl2N2O4/c1-11(2)6-7-18(3)16(24)22(17(25)21-18)9-15(23)26-10-12-4-5-13(19)14(20)8-12/h4-5,8,11H,6-7,9-10H2,1-3H3,(H,21,25)/t18-/m0/s1. The molecule has 0 saturated carbocycles. The fourth-order valence-electron chi connectivity index (χ4n) is 2.61. The molecule has 0 spiro atoms. The van der Waals surface area contributed by atoms with Gasteiger partial charge in [-0.05, 0) is 43.4 Å². The predicted octanol–water partition coefficient (Wildman–Crippen LogP) is 3.78. The number of halogens is 2. The summed E-state index contributed by atoms with van der Waals surface area (Å²) in [6.45, 7) is 5.31. The molecule has 1 aliphatic rings. The minimum absolute atomic E-state index is 0.0238. The van der Waals surface area contributed by atoms with Gasteiger partial charge in [-0.25, -0.2) is 4.79 Å². The van der Waals surface area contributed by atoms with Gasteiger partial charge in [0.15, 0.2) is 0 Å². The summed E-state index contributed by atoms with van der Waals surface area (Å²) in [6, 6.07) is 4.30. The van der Waals surface area contributed by atoms with Crippen LogP contribution in [0.25, 0.3) is 0 Å². The molecule has 1 N–H and O–H groups in total. The second kappa shape index (κ2) is 8.27. The van der Waals surface area contributed by atoms with E-state index in [1.807, 2.05) is 13.8 Å². The summed E-state index contributed by atoms with van der Waals surface area (Å²) >= 11 is 11.7. The fourth-order valence-corrected chi connectivity index (χ4v) is 2.93. The van der Waals surface area contributed by atoms with Gasteiger partial charge in [-0.1, -0.05) is 43.1 Å². The number of urea groups is 1. The second-order valence-electron chi connectivity index (χ2n) is 7.00. The lowest BCUT2D eigenvalue weighted by molar-refractivity contribution is -0.148. The van der Waals surface area contributed by atoms with E-state index < -0.39 is 30.0 Å². The van der Waals surface area contributed by atoms with Crippen LogP contribution in [0.2, 0.25) is 10.0 Å². The molecular formula is C18H22Cl2N2O4. The van der Waals surface area contributed by atoms with Crippen molar-refractivity contribution in [1.29, 1.82) is 0 Å². The topological polar surface area (TPSA) is 75.7 Å². The Kier molecular flexibility index (Phi) is 6.53. The molecule has 1 atom stereocenters. The Morgan fingerprint density at radius 3 is 2.58 bits per heavy atom. The Hall–Kier alpha value is -1.79. The molecule has 0 radical (unpaired) electrons. The Morgan fingerprint density at radius 2 is 1.96 bits per heavy atom. The van der Waals surface area contributed by atoms with Crippen LogP contribution in [-0.4, -0.2) is 34.9 Å². The molecule has 1 aromatic rings. The van der Waals surface area contributed by atoms with Crippen LogP contribution in [0.15, 0.2) is 18.2 Å². The first-order chi connectivity index (χ1) is 12.1. The van der Waals surface area contributed by atoms with Crippen molar-refractivity contribution >= 4 is 41.1 Å². The predicted molar refractivity (Wildman–Crippen MR) is 99.0 cm³/mol. The van der Waals surface area contributed by atoms with Gasteiger partial charge < -0.3 is 10.1 Å². The molecular weight excluding hydrogens is 379 g/mol. The summed E-state index contributed by atoms with van der Waals surface area (Å²) in [6.07, 6.45) is 1.31. The molecule has 0 unspecified atom stereocenters. The molecule has 2 rings (SSSR count). The number of imide groups is 1. The average molecular weight is 401 g/mol. The van der Waals surface area contributed by atoms with E-state index in [2.05, 4.69) is 5.32 Å². The van der Waals surface area contributed by atoms with Gasteiger partial charge in [-0.2, -0.15) is 0 Å². The monoisotopic (exact) mass is 400 g/mol. The van der Waals surface area contributed by atoms with Gasteiger partial charge in [-0.3, -0.25) is 14.5 Å². The fraction of sp³-hybridized carbons (Fsp3) is 0.500. The average Bonchev–Trinajstić information content (AvgIpc) is 2.78. The first-order valence-electron chi connectivity index (χ1n) is 8.36. The van der Waals surface area contributed by atoms with Crippen molar-refractivity contribution in [1.82, 2.24) is 10.2 Å². The van der Waals surface area contributed by atoms with Crippen LogP contribution >= 0.6 is 23.2 Å². The number of nitrogens with one attached hydrogen (secondary N) is 1. The Morgan fingerprint density at radius 1 is 1.27 bits per heavy atom.